The lowest BCUT2D eigenvalue weighted by Crippen LogP contribution is -2.56. The summed E-state index contributed by atoms with van der Waals surface area (Å²) >= 11 is 11.9. The molecule has 1 fully saturated rings. The fourth-order valence-electron chi connectivity index (χ4n) is 3.39. The van der Waals surface area contributed by atoms with E-state index in [4.69, 9.17) is 28.6 Å². The molecule has 1 heterocycles. The first-order valence-electron chi connectivity index (χ1n) is 9.98. The van der Waals surface area contributed by atoms with Crippen LogP contribution in [0.15, 0.2) is 84.4 Å². The van der Waals surface area contributed by atoms with Gasteiger partial charge < -0.3 is 4.74 Å². The Morgan fingerprint density at radius 1 is 0.875 bits per heavy atom. The first-order chi connectivity index (χ1) is 15.5. The maximum absolute atomic E-state index is 13.4. The Bertz CT molecular complexity index is 1150. The normalized spacial score (nSPS) is 14.1. The minimum absolute atomic E-state index is 0.0217. The highest BCUT2D eigenvalue weighted by Gasteiger charge is 2.41. The van der Waals surface area contributed by atoms with E-state index in [1.165, 1.54) is 15.9 Å². The summed E-state index contributed by atoms with van der Waals surface area (Å²) in [6.45, 7) is 2.34. The average Bonchev–Trinajstić information content (AvgIpc) is 2.80. The summed E-state index contributed by atoms with van der Waals surface area (Å²) in [5.41, 5.74) is 1.73. The molecule has 4 rings (SSSR count). The Kier molecular flexibility index (Phi) is 6.35. The minimum atomic E-state index is -0.497. The van der Waals surface area contributed by atoms with Crippen LogP contribution < -0.4 is 14.5 Å². The summed E-state index contributed by atoms with van der Waals surface area (Å²) in [7, 11) is 0. The second kappa shape index (κ2) is 9.34. The molecule has 1 aliphatic heterocycles. The summed E-state index contributed by atoms with van der Waals surface area (Å²) < 4.78 is 5.47. The van der Waals surface area contributed by atoms with Crippen molar-refractivity contribution >= 4 is 58.2 Å². The molecule has 0 radical (unpaired) electrons. The lowest BCUT2D eigenvalue weighted by atomic mass is 10.0. The van der Waals surface area contributed by atoms with Crippen molar-refractivity contribution in [2.45, 2.75) is 6.92 Å². The van der Waals surface area contributed by atoms with Gasteiger partial charge in [0, 0.05) is 0 Å². The number of benzene rings is 3. The van der Waals surface area contributed by atoms with Crippen LogP contribution >= 0.6 is 23.8 Å². The topological polar surface area (TPSA) is 49.9 Å². The number of halogens is 1. The van der Waals surface area contributed by atoms with E-state index in [1.807, 2.05) is 43.3 Å². The molecule has 0 bridgehead atoms. The van der Waals surface area contributed by atoms with Crippen molar-refractivity contribution in [2.24, 2.45) is 0 Å². The van der Waals surface area contributed by atoms with E-state index in [1.54, 1.807) is 42.5 Å². The first kappa shape index (κ1) is 21.7. The molecule has 3 aromatic carbocycles. The molecule has 7 heteroatoms. The van der Waals surface area contributed by atoms with E-state index < -0.39 is 11.8 Å². The standard InChI is InChI=1S/C25H19ClN2O3S/c1-2-31-22-14-13-17(16-21(22)26)15-20-23(29)27(18-9-5-3-6-10-18)25(32)28(24(20)30)19-11-7-4-8-12-19/h3-16H,2H2,1H3. The monoisotopic (exact) mass is 462 g/mol. The molecule has 32 heavy (non-hydrogen) atoms. The Labute approximate surface area is 196 Å². The predicted octanol–water partition coefficient (Wildman–Crippen LogP) is 5.49. The molecule has 1 saturated heterocycles. The van der Waals surface area contributed by atoms with E-state index in [9.17, 15) is 9.59 Å². The summed E-state index contributed by atoms with van der Waals surface area (Å²) in [6.07, 6.45) is 1.53. The molecule has 1 aliphatic rings. The van der Waals surface area contributed by atoms with Crippen molar-refractivity contribution < 1.29 is 14.3 Å². The summed E-state index contributed by atoms with van der Waals surface area (Å²) in [4.78, 5) is 29.6. The molecule has 0 saturated carbocycles. The number of rotatable bonds is 5. The smallest absolute Gasteiger partial charge is 0.270 e. The molecule has 160 valence electrons. The number of para-hydroxylation sites is 2. The van der Waals surface area contributed by atoms with Gasteiger partial charge in [0.25, 0.3) is 11.8 Å². The van der Waals surface area contributed by atoms with Gasteiger partial charge in [-0.1, -0.05) is 54.1 Å². The summed E-state index contributed by atoms with van der Waals surface area (Å²) in [5.74, 6) is -0.456. The van der Waals surface area contributed by atoms with E-state index >= 15 is 0 Å². The average molecular weight is 463 g/mol. The van der Waals surface area contributed by atoms with Gasteiger partial charge in [0.1, 0.15) is 11.3 Å². The molecule has 0 aliphatic carbocycles. The van der Waals surface area contributed by atoms with E-state index in [0.717, 1.165) is 0 Å². The highest BCUT2D eigenvalue weighted by Crippen LogP contribution is 2.31. The van der Waals surface area contributed by atoms with E-state index in [2.05, 4.69) is 0 Å². The largest absolute Gasteiger partial charge is 0.492 e. The van der Waals surface area contributed by atoms with Crippen molar-refractivity contribution in [3.8, 4) is 5.75 Å². The van der Waals surface area contributed by atoms with Gasteiger partial charge in [-0.3, -0.25) is 19.4 Å². The molecule has 0 aromatic heterocycles. The number of hydrogen-bond acceptors (Lipinski definition) is 4. The number of nitrogens with zero attached hydrogens (tertiary/aromatic N) is 2. The van der Waals surface area contributed by atoms with Crippen LogP contribution in [-0.4, -0.2) is 23.5 Å². The van der Waals surface area contributed by atoms with E-state index in [-0.39, 0.29) is 10.7 Å². The first-order valence-corrected chi connectivity index (χ1v) is 10.8. The van der Waals surface area contributed by atoms with Crippen LogP contribution in [0.2, 0.25) is 5.02 Å². The fraction of sp³-hybridized carbons (Fsp3) is 0.0800. The van der Waals surface area contributed by atoms with Gasteiger partial charge >= 0.3 is 0 Å². The number of ether oxygens (including phenoxy) is 1. The van der Waals surface area contributed by atoms with Crippen molar-refractivity contribution in [3.63, 3.8) is 0 Å². The quantitative estimate of drug-likeness (QED) is 0.286. The van der Waals surface area contributed by atoms with Crippen molar-refractivity contribution in [1.29, 1.82) is 0 Å². The number of hydrogen-bond donors (Lipinski definition) is 0. The molecule has 0 N–H and O–H groups in total. The Hall–Kier alpha value is -3.48. The number of thiocarbonyl (C=S) groups is 1. The highest BCUT2D eigenvalue weighted by atomic mass is 35.5. The minimum Gasteiger partial charge on any atom is -0.492 e. The zero-order chi connectivity index (χ0) is 22.7. The van der Waals surface area contributed by atoms with Gasteiger partial charge in [-0.2, -0.15) is 0 Å². The molecule has 3 aromatic rings. The number of carbonyl (C=O) groups excluding carboxylic acids is 2. The van der Waals surface area contributed by atoms with Gasteiger partial charge in [-0.05, 0) is 67.2 Å². The lowest BCUT2D eigenvalue weighted by Gasteiger charge is -2.36. The van der Waals surface area contributed by atoms with Gasteiger partial charge in [0.05, 0.1) is 23.0 Å². The molecule has 5 nitrogen and oxygen atoms in total. The van der Waals surface area contributed by atoms with Crippen LogP contribution in [0.4, 0.5) is 11.4 Å². The summed E-state index contributed by atoms with van der Waals surface area (Å²) in [5, 5.41) is 0.492. The van der Waals surface area contributed by atoms with Gasteiger partial charge in [-0.15, -0.1) is 0 Å². The molecular formula is C25H19ClN2O3S. The maximum Gasteiger partial charge on any atom is 0.270 e. The van der Waals surface area contributed by atoms with Crippen molar-refractivity contribution in [1.82, 2.24) is 0 Å². The Balaban J connectivity index is 1.82. The lowest BCUT2D eigenvalue weighted by molar-refractivity contribution is -0.120. The van der Waals surface area contributed by atoms with Crippen LogP contribution in [-0.2, 0) is 9.59 Å². The van der Waals surface area contributed by atoms with Crippen LogP contribution in [0.25, 0.3) is 6.08 Å². The number of anilines is 2. The van der Waals surface area contributed by atoms with E-state index in [0.29, 0.717) is 34.3 Å². The highest BCUT2D eigenvalue weighted by molar-refractivity contribution is 7.81. The van der Waals surface area contributed by atoms with Crippen molar-refractivity contribution in [3.05, 3.63) is 95.0 Å². The van der Waals surface area contributed by atoms with Crippen LogP contribution in [0.1, 0.15) is 12.5 Å². The fourth-order valence-corrected chi connectivity index (χ4v) is 4.01. The molecular weight excluding hydrogens is 444 g/mol. The van der Waals surface area contributed by atoms with Gasteiger partial charge in [0.15, 0.2) is 5.11 Å². The third-order valence-corrected chi connectivity index (χ3v) is 5.51. The van der Waals surface area contributed by atoms with Crippen LogP contribution in [0, 0.1) is 0 Å². The van der Waals surface area contributed by atoms with Crippen molar-refractivity contribution in [2.75, 3.05) is 16.4 Å². The zero-order valence-electron chi connectivity index (χ0n) is 17.2. The number of carbonyl (C=O) groups is 2. The SMILES string of the molecule is CCOc1ccc(C=C2C(=O)N(c3ccccc3)C(=S)N(c3ccccc3)C2=O)cc1Cl. The Morgan fingerprint density at radius 3 is 1.88 bits per heavy atom. The second-order valence-electron chi connectivity index (χ2n) is 6.92. The van der Waals surface area contributed by atoms with Crippen LogP contribution in [0.5, 0.6) is 5.75 Å². The third kappa shape index (κ3) is 4.15. The molecule has 0 atom stereocenters. The molecule has 0 spiro atoms. The zero-order valence-corrected chi connectivity index (χ0v) is 18.8. The molecule has 0 unspecified atom stereocenters. The third-order valence-electron chi connectivity index (χ3n) is 4.85. The second-order valence-corrected chi connectivity index (χ2v) is 7.69. The predicted molar refractivity (Wildman–Crippen MR) is 131 cm³/mol. The number of amides is 2. The van der Waals surface area contributed by atoms with Gasteiger partial charge in [-0.25, -0.2) is 0 Å². The van der Waals surface area contributed by atoms with Crippen LogP contribution in [0.3, 0.4) is 0 Å². The van der Waals surface area contributed by atoms with Gasteiger partial charge in [0.2, 0.25) is 0 Å². The summed E-state index contributed by atoms with van der Waals surface area (Å²) in [6, 6.07) is 23.1. The Morgan fingerprint density at radius 2 is 1.41 bits per heavy atom. The molecule has 2 amide bonds. The maximum atomic E-state index is 13.4.